The van der Waals surface area contributed by atoms with Crippen molar-refractivity contribution in [2.24, 2.45) is 0 Å². The van der Waals surface area contributed by atoms with Crippen LogP contribution in [0.3, 0.4) is 0 Å². The number of nitrogens with zero attached hydrogens (tertiary/aromatic N) is 2. The lowest BCUT2D eigenvalue weighted by Gasteiger charge is -2.09. The van der Waals surface area contributed by atoms with Crippen molar-refractivity contribution < 1.29 is 9.90 Å². The Balaban J connectivity index is 0.000000758. The zero-order chi connectivity index (χ0) is 19.4. The summed E-state index contributed by atoms with van der Waals surface area (Å²) in [4.78, 5) is 12.2. The van der Waals surface area contributed by atoms with Crippen LogP contribution in [-0.4, -0.2) is 26.2 Å². The second-order valence-electron chi connectivity index (χ2n) is 4.84. The zero-order valence-electron chi connectivity index (χ0n) is 13.1. The molecule has 2 aromatic heterocycles. The first kappa shape index (κ1) is 21.4. The number of aromatic nitrogens is 2. The van der Waals surface area contributed by atoms with Crippen LogP contribution in [-0.2, 0) is 0 Å². The number of benzene rings is 1. The first-order valence-corrected chi connectivity index (χ1v) is 9.98. The summed E-state index contributed by atoms with van der Waals surface area (Å²) in [5.74, 6) is -1.10. The third-order valence-corrected chi connectivity index (χ3v) is 5.05. The van der Waals surface area contributed by atoms with E-state index in [1.807, 2.05) is 6.07 Å². The van der Waals surface area contributed by atoms with E-state index in [9.17, 15) is 9.90 Å². The number of thiophene rings is 1. The largest absolute Gasteiger partial charge is 0.476 e. The molecule has 0 amide bonds. The maximum atomic E-state index is 11.4. The van der Waals surface area contributed by atoms with Crippen molar-refractivity contribution in [3.8, 4) is 16.3 Å². The second-order valence-corrected chi connectivity index (χ2v) is 8.21. The fourth-order valence-electron chi connectivity index (χ4n) is 2.26. The highest BCUT2D eigenvalue weighted by Crippen LogP contribution is 2.37. The van der Waals surface area contributed by atoms with Gasteiger partial charge in [0.05, 0.1) is 31.0 Å². The molecular weight excluding hydrogens is 462 g/mol. The highest BCUT2D eigenvalue weighted by molar-refractivity contribution is 7.19. The van der Waals surface area contributed by atoms with Crippen LogP contribution in [0.15, 0.2) is 30.3 Å². The molecule has 0 unspecified atom stereocenters. The van der Waals surface area contributed by atoms with Crippen LogP contribution in [0.1, 0.15) is 16.1 Å². The molecule has 0 saturated heterocycles. The van der Waals surface area contributed by atoms with E-state index in [4.69, 9.17) is 58.0 Å². The summed E-state index contributed by atoms with van der Waals surface area (Å²) in [5.41, 5.74) is 1.70. The first-order valence-electron chi connectivity index (χ1n) is 6.96. The highest BCUT2D eigenvalue weighted by Gasteiger charge is 2.23. The molecule has 0 saturated carbocycles. The van der Waals surface area contributed by atoms with Crippen molar-refractivity contribution in [1.29, 1.82) is 0 Å². The molecule has 1 N–H and O–H groups in total. The Morgan fingerprint density at radius 1 is 1.19 bits per heavy atom. The molecule has 0 fully saturated rings. The van der Waals surface area contributed by atoms with Gasteiger partial charge in [0.2, 0.25) is 0 Å². The summed E-state index contributed by atoms with van der Waals surface area (Å²) in [6.07, 6.45) is 0. The number of hydrogen-bond donors (Lipinski definition) is 1. The molecule has 3 aromatic rings. The number of aromatic carboxylic acids is 1. The normalized spacial score (nSPS) is 10.4. The van der Waals surface area contributed by atoms with E-state index in [1.165, 1.54) is 16.0 Å². The van der Waals surface area contributed by atoms with Gasteiger partial charge >= 0.3 is 5.97 Å². The van der Waals surface area contributed by atoms with E-state index >= 15 is 0 Å². The van der Waals surface area contributed by atoms with Crippen molar-refractivity contribution in [1.82, 2.24) is 9.78 Å². The fourth-order valence-corrected chi connectivity index (χ4v) is 3.88. The minimum Gasteiger partial charge on any atom is -0.476 e. The SMILES string of the molecule is Cc1c(C(=O)O)nn(-c2ccc(Cl)cc2Cl)c1-c1ccc(Cl)s1.ClCCl. The number of carboxylic acid groups (broad SMARTS) is 1. The van der Waals surface area contributed by atoms with Crippen LogP contribution in [0, 0.1) is 6.92 Å². The number of halogens is 5. The smallest absolute Gasteiger partial charge is 0.356 e. The van der Waals surface area contributed by atoms with Gasteiger partial charge in [0, 0.05) is 10.6 Å². The monoisotopic (exact) mass is 470 g/mol. The second kappa shape index (κ2) is 9.31. The lowest BCUT2D eigenvalue weighted by molar-refractivity contribution is 0.0689. The lowest BCUT2D eigenvalue weighted by Crippen LogP contribution is -2.02. The Morgan fingerprint density at radius 2 is 1.85 bits per heavy atom. The minimum absolute atomic E-state index is 0.0319. The molecule has 0 aliphatic carbocycles. The Bertz CT molecular complexity index is 939. The summed E-state index contributed by atoms with van der Waals surface area (Å²) in [6, 6.07) is 8.53. The molecular formula is C16H11Cl5N2O2S. The van der Waals surface area contributed by atoms with E-state index in [-0.39, 0.29) is 11.0 Å². The Labute approximate surface area is 178 Å². The molecule has 26 heavy (non-hydrogen) atoms. The highest BCUT2D eigenvalue weighted by atomic mass is 35.5. The molecule has 0 atom stereocenters. The van der Waals surface area contributed by atoms with Crippen molar-refractivity contribution in [3.05, 3.63) is 56.0 Å². The van der Waals surface area contributed by atoms with Crippen LogP contribution in [0.25, 0.3) is 16.3 Å². The van der Waals surface area contributed by atoms with Gasteiger partial charge in [-0.2, -0.15) is 5.10 Å². The third-order valence-electron chi connectivity index (χ3n) is 3.27. The molecule has 3 rings (SSSR count). The van der Waals surface area contributed by atoms with Gasteiger partial charge in [-0.25, -0.2) is 9.48 Å². The number of carboxylic acids is 1. The Hall–Kier alpha value is -0.950. The number of hydrogen-bond acceptors (Lipinski definition) is 3. The Kier molecular flexibility index (Phi) is 7.64. The molecule has 0 aliphatic rings. The molecule has 0 bridgehead atoms. The van der Waals surface area contributed by atoms with E-state index in [2.05, 4.69) is 5.10 Å². The van der Waals surface area contributed by atoms with Crippen molar-refractivity contribution in [3.63, 3.8) is 0 Å². The summed E-state index contributed by atoms with van der Waals surface area (Å²) in [7, 11) is 0. The number of carbonyl (C=O) groups is 1. The lowest BCUT2D eigenvalue weighted by atomic mass is 10.1. The molecule has 10 heteroatoms. The van der Waals surface area contributed by atoms with Gasteiger partial charge in [-0.3, -0.25) is 0 Å². The average molecular weight is 473 g/mol. The maximum Gasteiger partial charge on any atom is 0.356 e. The van der Waals surface area contributed by atoms with Crippen LogP contribution in [0.2, 0.25) is 14.4 Å². The van der Waals surface area contributed by atoms with Gasteiger partial charge < -0.3 is 5.11 Å². The predicted molar refractivity (Wildman–Crippen MR) is 110 cm³/mol. The van der Waals surface area contributed by atoms with Crippen LogP contribution < -0.4 is 0 Å². The zero-order valence-corrected chi connectivity index (χ0v) is 17.7. The van der Waals surface area contributed by atoms with Crippen LogP contribution >= 0.6 is 69.3 Å². The Morgan fingerprint density at radius 3 is 2.35 bits per heavy atom. The molecule has 0 spiro atoms. The van der Waals surface area contributed by atoms with E-state index in [0.717, 1.165) is 4.88 Å². The van der Waals surface area contributed by atoms with Gasteiger partial charge in [0.15, 0.2) is 5.69 Å². The van der Waals surface area contributed by atoms with Crippen LogP contribution in [0.4, 0.5) is 0 Å². The fraction of sp³-hybridized carbons (Fsp3) is 0.125. The summed E-state index contributed by atoms with van der Waals surface area (Å²) < 4.78 is 2.12. The van der Waals surface area contributed by atoms with Gasteiger partial charge in [-0.05, 0) is 37.3 Å². The third kappa shape index (κ3) is 4.66. The maximum absolute atomic E-state index is 11.4. The molecule has 4 nitrogen and oxygen atoms in total. The van der Waals surface area contributed by atoms with Gasteiger partial charge in [-0.15, -0.1) is 34.5 Å². The van der Waals surface area contributed by atoms with Crippen molar-refractivity contribution in [2.45, 2.75) is 6.92 Å². The van der Waals surface area contributed by atoms with Gasteiger partial charge in [-0.1, -0.05) is 34.8 Å². The molecule has 2 heterocycles. The summed E-state index contributed by atoms with van der Waals surface area (Å²) >= 11 is 29.1. The number of alkyl halides is 2. The minimum atomic E-state index is -1.10. The number of rotatable bonds is 3. The summed E-state index contributed by atoms with van der Waals surface area (Å²) in [5, 5.41) is 14.6. The van der Waals surface area contributed by atoms with Crippen molar-refractivity contribution in [2.75, 3.05) is 5.34 Å². The van der Waals surface area contributed by atoms with E-state index < -0.39 is 5.97 Å². The van der Waals surface area contributed by atoms with E-state index in [0.29, 0.717) is 31.3 Å². The summed E-state index contributed by atoms with van der Waals surface area (Å²) in [6.45, 7) is 1.71. The van der Waals surface area contributed by atoms with Gasteiger partial charge in [0.1, 0.15) is 0 Å². The topological polar surface area (TPSA) is 55.1 Å². The predicted octanol–water partition coefficient (Wildman–Crippen LogP) is 6.99. The standard InChI is InChI=1S/C15H9Cl3N2O2S.CH2Cl2/c1-7-13(15(21)22)19-20(10-3-2-8(16)6-9(10)17)14(7)11-4-5-12(18)23-11;2-1-3/h2-6H,1H3,(H,21,22);1H2. The van der Waals surface area contributed by atoms with Crippen LogP contribution in [0.5, 0.6) is 0 Å². The molecule has 0 aliphatic heterocycles. The molecule has 0 radical (unpaired) electrons. The molecule has 138 valence electrons. The average Bonchev–Trinajstić information content (AvgIpc) is 3.11. The molecule has 1 aromatic carbocycles. The first-order chi connectivity index (χ1) is 12.3. The quantitative estimate of drug-likeness (QED) is 0.418. The van der Waals surface area contributed by atoms with Crippen molar-refractivity contribution >= 4 is 75.3 Å². The van der Waals surface area contributed by atoms with Gasteiger partial charge in [0.25, 0.3) is 0 Å². The van der Waals surface area contributed by atoms with E-state index in [1.54, 1.807) is 31.2 Å².